The van der Waals surface area contributed by atoms with Crippen LogP contribution in [0, 0.1) is 0 Å². The van der Waals surface area contributed by atoms with Crippen LogP contribution in [0.1, 0.15) is 45.6 Å². The van der Waals surface area contributed by atoms with Crippen LogP contribution in [0.5, 0.6) is 0 Å². The van der Waals surface area contributed by atoms with Gasteiger partial charge in [0.1, 0.15) is 11.5 Å². The molecule has 2 aromatic heterocycles. The van der Waals surface area contributed by atoms with Gasteiger partial charge < -0.3 is 14.6 Å². The molecular formula is C22H24N4O3. The molecule has 0 spiro atoms. The fourth-order valence-corrected chi connectivity index (χ4v) is 3.58. The second kappa shape index (κ2) is 8.34. The predicted molar refractivity (Wildman–Crippen MR) is 107 cm³/mol. The number of amides is 2. The van der Waals surface area contributed by atoms with Crippen LogP contribution in [0.3, 0.4) is 0 Å². The van der Waals surface area contributed by atoms with Crippen LogP contribution >= 0.6 is 0 Å². The van der Waals surface area contributed by atoms with E-state index in [0.717, 1.165) is 17.7 Å². The average molecular weight is 392 g/mol. The summed E-state index contributed by atoms with van der Waals surface area (Å²) in [5, 5.41) is 7.31. The van der Waals surface area contributed by atoms with E-state index in [1.807, 2.05) is 54.3 Å². The zero-order valence-corrected chi connectivity index (χ0v) is 16.4. The third-order valence-electron chi connectivity index (χ3n) is 5.00. The smallest absolute Gasteiger partial charge is 0.272 e. The van der Waals surface area contributed by atoms with Gasteiger partial charge in [-0.3, -0.25) is 14.3 Å². The number of carbonyl (C=O) groups is 2. The van der Waals surface area contributed by atoms with Gasteiger partial charge in [0.25, 0.3) is 11.8 Å². The number of aryl methyl sites for hydroxylation is 1. The van der Waals surface area contributed by atoms with E-state index < -0.39 is 0 Å². The highest BCUT2D eigenvalue weighted by molar-refractivity contribution is 5.98. The largest absolute Gasteiger partial charge is 0.469 e. The van der Waals surface area contributed by atoms with E-state index in [9.17, 15) is 9.59 Å². The Kier molecular flexibility index (Phi) is 5.46. The topological polar surface area (TPSA) is 80.4 Å². The molecule has 29 heavy (non-hydrogen) atoms. The Labute approximate surface area is 169 Å². The van der Waals surface area contributed by atoms with Crippen molar-refractivity contribution in [3.05, 3.63) is 77.5 Å². The highest BCUT2D eigenvalue weighted by Crippen LogP contribution is 2.17. The lowest BCUT2D eigenvalue weighted by Gasteiger charge is -2.20. The lowest BCUT2D eigenvalue weighted by atomic mass is 10.2. The minimum atomic E-state index is -0.285. The molecule has 1 aliphatic rings. The van der Waals surface area contributed by atoms with Crippen molar-refractivity contribution < 1.29 is 14.0 Å². The van der Waals surface area contributed by atoms with Gasteiger partial charge in [0.2, 0.25) is 0 Å². The Morgan fingerprint density at radius 1 is 1.21 bits per heavy atom. The van der Waals surface area contributed by atoms with E-state index in [-0.39, 0.29) is 23.6 Å². The van der Waals surface area contributed by atoms with Gasteiger partial charge in [-0.2, -0.15) is 5.10 Å². The first kappa shape index (κ1) is 19.0. The minimum absolute atomic E-state index is 0.0958. The maximum Gasteiger partial charge on any atom is 0.272 e. The normalized spacial score (nSPS) is 14.9. The van der Waals surface area contributed by atoms with Gasteiger partial charge in [0, 0.05) is 38.2 Å². The number of nitrogens with one attached hydrogen (secondary N) is 1. The number of nitrogens with zero attached hydrogens (tertiary/aromatic N) is 3. The molecule has 0 radical (unpaired) electrons. The average Bonchev–Trinajstić information content (AvgIpc) is 3.35. The van der Waals surface area contributed by atoms with E-state index >= 15 is 0 Å². The molecule has 1 aromatic carbocycles. The predicted octanol–water partition coefficient (Wildman–Crippen LogP) is 2.88. The molecule has 3 heterocycles. The van der Waals surface area contributed by atoms with Crippen molar-refractivity contribution in [2.45, 2.75) is 38.9 Å². The molecule has 150 valence electrons. The standard InChI is InChI=1S/C22H24N4O3/c1-16(13-18-9-5-12-29-18)23-21(27)19-14-20-22(28)25(10-6-11-26(20)24-19)15-17-7-3-2-4-8-17/h2-5,7-9,12,14,16H,6,10-11,13,15H2,1H3,(H,23,27). The Morgan fingerprint density at radius 3 is 2.79 bits per heavy atom. The molecule has 0 saturated carbocycles. The fourth-order valence-electron chi connectivity index (χ4n) is 3.58. The Hall–Kier alpha value is -3.35. The zero-order valence-electron chi connectivity index (χ0n) is 16.4. The number of furan rings is 1. The summed E-state index contributed by atoms with van der Waals surface area (Å²) in [7, 11) is 0. The van der Waals surface area contributed by atoms with Crippen molar-refractivity contribution >= 4 is 11.8 Å². The van der Waals surface area contributed by atoms with Crippen LogP contribution in [-0.2, 0) is 19.5 Å². The molecule has 1 N–H and O–H groups in total. The summed E-state index contributed by atoms with van der Waals surface area (Å²) in [6.07, 6.45) is 3.00. The molecule has 1 aliphatic heterocycles. The van der Waals surface area contributed by atoms with Gasteiger partial charge in [-0.15, -0.1) is 0 Å². The third-order valence-corrected chi connectivity index (χ3v) is 5.00. The molecule has 2 amide bonds. The highest BCUT2D eigenvalue weighted by atomic mass is 16.3. The Balaban J connectivity index is 1.45. The molecule has 0 aliphatic carbocycles. The quantitative estimate of drug-likeness (QED) is 0.699. The molecule has 0 fully saturated rings. The molecule has 0 saturated heterocycles. The van der Waals surface area contributed by atoms with Crippen LogP contribution in [-0.4, -0.2) is 39.1 Å². The maximum atomic E-state index is 13.0. The van der Waals surface area contributed by atoms with Gasteiger partial charge in [-0.1, -0.05) is 30.3 Å². The summed E-state index contributed by atoms with van der Waals surface area (Å²) in [6.45, 7) is 3.74. The zero-order chi connectivity index (χ0) is 20.2. The number of fused-ring (bicyclic) bond motifs is 1. The van der Waals surface area contributed by atoms with Crippen molar-refractivity contribution in [1.29, 1.82) is 0 Å². The van der Waals surface area contributed by atoms with E-state index in [1.165, 1.54) is 0 Å². The molecule has 7 heteroatoms. The summed E-state index contributed by atoms with van der Waals surface area (Å²) in [6, 6.07) is 15.1. The van der Waals surface area contributed by atoms with Gasteiger partial charge >= 0.3 is 0 Å². The lowest BCUT2D eigenvalue weighted by molar-refractivity contribution is 0.0745. The first-order valence-corrected chi connectivity index (χ1v) is 9.84. The number of hydrogen-bond donors (Lipinski definition) is 1. The van der Waals surface area contributed by atoms with Crippen molar-refractivity contribution in [3.8, 4) is 0 Å². The van der Waals surface area contributed by atoms with E-state index in [1.54, 1.807) is 17.0 Å². The van der Waals surface area contributed by atoms with E-state index in [0.29, 0.717) is 31.7 Å². The molecule has 4 rings (SSSR count). The lowest BCUT2D eigenvalue weighted by Crippen LogP contribution is -2.34. The molecular weight excluding hydrogens is 368 g/mol. The number of aromatic nitrogens is 2. The summed E-state index contributed by atoms with van der Waals surface area (Å²) in [5.41, 5.74) is 1.81. The van der Waals surface area contributed by atoms with Gasteiger partial charge in [0.15, 0.2) is 5.69 Å². The third kappa shape index (κ3) is 4.39. The first-order valence-electron chi connectivity index (χ1n) is 9.84. The molecule has 0 bridgehead atoms. The SMILES string of the molecule is CC(Cc1ccco1)NC(=O)c1cc2n(n1)CCCN(Cc1ccccc1)C2=O. The fraction of sp³-hybridized carbons (Fsp3) is 0.318. The number of hydrogen-bond acceptors (Lipinski definition) is 4. The molecule has 1 unspecified atom stereocenters. The van der Waals surface area contributed by atoms with Gasteiger partial charge in [-0.05, 0) is 31.0 Å². The summed E-state index contributed by atoms with van der Waals surface area (Å²) >= 11 is 0. The van der Waals surface area contributed by atoms with Crippen LogP contribution in [0.15, 0.2) is 59.2 Å². The van der Waals surface area contributed by atoms with Crippen LogP contribution in [0.4, 0.5) is 0 Å². The van der Waals surface area contributed by atoms with Crippen molar-refractivity contribution in [2.75, 3.05) is 6.54 Å². The van der Waals surface area contributed by atoms with Gasteiger partial charge in [-0.25, -0.2) is 0 Å². The second-order valence-electron chi connectivity index (χ2n) is 7.36. The number of benzene rings is 1. The van der Waals surface area contributed by atoms with Crippen molar-refractivity contribution in [3.63, 3.8) is 0 Å². The van der Waals surface area contributed by atoms with E-state index in [2.05, 4.69) is 10.4 Å². The molecule has 7 nitrogen and oxygen atoms in total. The number of carbonyl (C=O) groups excluding carboxylic acids is 2. The summed E-state index contributed by atoms with van der Waals surface area (Å²) in [4.78, 5) is 27.5. The summed E-state index contributed by atoms with van der Waals surface area (Å²) in [5.74, 6) is 0.429. The number of rotatable bonds is 6. The van der Waals surface area contributed by atoms with Gasteiger partial charge in [0.05, 0.1) is 6.26 Å². The van der Waals surface area contributed by atoms with Crippen molar-refractivity contribution in [1.82, 2.24) is 20.0 Å². The van der Waals surface area contributed by atoms with Crippen LogP contribution < -0.4 is 5.32 Å². The van der Waals surface area contributed by atoms with Crippen LogP contribution in [0.2, 0.25) is 0 Å². The van der Waals surface area contributed by atoms with Crippen LogP contribution in [0.25, 0.3) is 0 Å². The summed E-state index contributed by atoms with van der Waals surface area (Å²) < 4.78 is 6.98. The minimum Gasteiger partial charge on any atom is -0.469 e. The molecule has 3 aromatic rings. The monoisotopic (exact) mass is 392 g/mol. The van der Waals surface area contributed by atoms with Crippen molar-refractivity contribution in [2.24, 2.45) is 0 Å². The van der Waals surface area contributed by atoms with E-state index in [4.69, 9.17) is 4.42 Å². The highest BCUT2D eigenvalue weighted by Gasteiger charge is 2.26. The Bertz CT molecular complexity index is 979. The Morgan fingerprint density at radius 2 is 2.03 bits per heavy atom. The second-order valence-corrected chi connectivity index (χ2v) is 7.36. The maximum absolute atomic E-state index is 13.0. The molecule has 1 atom stereocenters. The first-order chi connectivity index (χ1) is 14.1.